The lowest BCUT2D eigenvalue weighted by Gasteiger charge is -2.20. The molecular weight excluding hydrogens is 244 g/mol. The first-order valence-corrected chi connectivity index (χ1v) is 6.36. The Balaban J connectivity index is 1.81. The fourth-order valence-electron chi connectivity index (χ4n) is 2.34. The van der Waals surface area contributed by atoms with Gasteiger partial charge in [-0.2, -0.15) is 0 Å². The van der Waals surface area contributed by atoms with Crippen LogP contribution in [0, 0.1) is 11.8 Å². The van der Waals surface area contributed by atoms with Gasteiger partial charge in [0.25, 0.3) is 0 Å². The third kappa shape index (κ3) is 3.91. The van der Waals surface area contributed by atoms with Crippen molar-refractivity contribution in [2.45, 2.75) is 19.1 Å². The zero-order chi connectivity index (χ0) is 13.7. The van der Waals surface area contributed by atoms with Crippen LogP contribution in [0.3, 0.4) is 0 Å². The summed E-state index contributed by atoms with van der Waals surface area (Å²) in [6, 6.07) is 9.81. The SMILES string of the molecule is O=C(O)CC1C(O)C=CC1COCc1ccccc1. The number of aliphatic hydroxyl groups excluding tert-OH is 1. The normalized spacial score (nSPS) is 25.6. The molecule has 2 N–H and O–H groups in total. The highest BCUT2D eigenvalue weighted by molar-refractivity contribution is 5.67. The van der Waals surface area contributed by atoms with Crippen LogP contribution in [-0.2, 0) is 16.1 Å². The number of hydrogen-bond donors (Lipinski definition) is 2. The Morgan fingerprint density at radius 1 is 1.21 bits per heavy atom. The van der Waals surface area contributed by atoms with Crippen LogP contribution in [0.5, 0.6) is 0 Å². The summed E-state index contributed by atoms with van der Waals surface area (Å²) in [6.45, 7) is 0.932. The topological polar surface area (TPSA) is 66.8 Å². The zero-order valence-electron chi connectivity index (χ0n) is 10.6. The van der Waals surface area contributed by atoms with E-state index in [2.05, 4.69) is 0 Å². The van der Waals surface area contributed by atoms with Crippen LogP contribution in [-0.4, -0.2) is 28.9 Å². The summed E-state index contributed by atoms with van der Waals surface area (Å²) in [5.74, 6) is -1.20. The molecule has 0 saturated carbocycles. The molecule has 102 valence electrons. The van der Waals surface area contributed by atoms with Gasteiger partial charge < -0.3 is 14.9 Å². The number of rotatable bonds is 6. The van der Waals surface area contributed by atoms with Crippen molar-refractivity contribution >= 4 is 5.97 Å². The molecule has 1 aromatic rings. The highest BCUT2D eigenvalue weighted by Gasteiger charge is 2.32. The smallest absolute Gasteiger partial charge is 0.303 e. The lowest BCUT2D eigenvalue weighted by Crippen LogP contribution is -2.26. The fourth-order valence-corrected chi connectivity index (χ4v) is 2.34. The van der Waals surface area contributed by atoms with Gasteiger partial charge in [0.05, 0.1) is 25.7 Å². The van der Waals surface area contributed by atoms with Crippen LogP contribution in [0.2, 0.25) is 0 Å². The van der Waals surface area contributed by atoms with E-state index in [1.807, 2.05) is 36.4 Å². The summed E-state index contributed by atoms with van der Waals surface area (Å²) in [5.41, 5.74) is 1.08. The second-order valence-electron chi connectivity index (χ2n) is 4.80. The van der Waals surface area contributed by atoms with E-state index in [4.69, 9.17) is 9.84 Å². The van der Waals surface area contributed by atoms with Crippen molar-refractivity contribution in [3.63, 3.8) is 0 Å². The molecule has 3 atom stereocenters. The lowest BCUT2D eigenvalue weighted by molar-refractivity contribution is -0.139. The highest BCUT2D eigenvalue weighted by Crippen LogP contribution is 2.29. The number of benzene rings is 1. The molecule has 1 aromatic carbocycles. The number of ether oxygens (including phenoxy) is 1. The van der Waals surface area contributed by atoms with E-state index in [1.54, 1.807) is 6.08 Å². The molecule has 2 rings (SSSR count). The lowest BCUT2D eigenvalue weighted by atomic mass is 9.91. The minimum atomic E-state index is -0.888. The Kier molecular flexibility index (Phi) is 4.71. The summed E-state index contributed by atoms with van der Waals surface area (Å²) in [5, 5.41) is 18.6. The number of carbonyl (C=O) groups is 1. The molecule has 1 aliphatic rings. The first kappa shape index (κ1) is 13.8. The zero-order valence-corrected chi connectivity index (χ0v) is 10.6. The molecule has 1 aliphatic carbocycles. The molecule has 19 heavy (non-hydrogen) atoms. The molecule has 0 bridgehead atoms. The number of carboxylic acids is 1. The van der Waals surface area contributed by atoms with Crippen LogP contribution >= 0.6 is 0 Å². The van der Waals surface area contributed by atoms with E-state index in [0.717, 1.165) is 5.56 Å². The van der Waals surface area contributed by atoms with Gasteiger partial charge in [-0.1, -0.05) is 42.5 Å². The summed E-state index contributed by atoms with van der Waals surface area (Å²) in [7, 11) is 0. The van der Waals surface area contributed by atoms with Crippen LogP contribution in [0.25, 0.3) is 0 Å². The monoisotopic (exact) mass is 262 g/mol. The molecule has 0 saturated heterocycles. The summed E-state index contributed by atoms with van der Waals surface area (Å²) in [4.78, 5) is 10.8. The van der Waals surface area contributed by atoms with E-state index in [-0.39, 0.29) is 18.3 Å². The minimum Gasteiger partial charge on any atom is -0.481 e. The Hall–Kier alpha value is -1.65. The molecule has 4 heteroatoms. The highest BCUT2D eigenvalue weighted by atomic mass is 16.5. The molecule has 3 unspecified atom stereocenters. The van der Waals surface area contributed by atoms with Gasteiger partial charge in [-0.15, -0.1) is 0 Å². The Bertz CT molecular complexity index is 441. The van der Waals surface area contributed by atoms with Crippen molar-refractivity contribution < 1.29 is 19.7 Å². The Morgan fingerprint density at radius 2 is 1.95 bits per heavy atom. The van der Waals surface area contributed by atoms with Gasteiger partial charge in [0.2, 0.25) is 0 Å². The van der Waals surface area contributed by atoms with Gasteiger partial charge in [0, 0.05) is 11.8 Å². The van der Waals surface area contributed by atoms with Crippen molar-refractivity contribution in [2.75, 3.05) is 6.61 Å². The van der Waals surface area contributed by atoms with Crippen LogP contribution < -0.4 is 0 Å². The average molecular weight is 262 g/mol. The first-order chi connectivity index (χ1) is 9.16. The third-order valence-electron chi connectivity index (χ3n) is 3.38. The molecule has 0 radical (unpaired) electrons. The molecule has 0 amide bonds. The quantitative estimate of drug-likeness (QED) is 0.768. The van der Waals surface area contributed by atoms with Crippen LogP contribution in [0.4, 0.5) is 0 Å². The van der Waals surface area contributed by atoms with Gasteiger partial charge in [-0.3, -0.25) is 4.79 Å². The maximum atomic E-state index is 10.8. The van der Waals surface area contributed by atoms with Crippen LogP contribution in [0.15, 0.2) is 42.5 Å². The maximum Gasteiger partial charge on any atom is 0.303 e. The van der Waals surface area contributed by atoms with Gasteiger partial charge in [-0.25, -0.2) is 0 Å². The van der Waals surface area contributed by atoms with Gasteiger partial charge in [-0.05, 0) is 5.56 Å². The van der Waals surface area contributed by atoms with Crippen molar-refractivity contribution in [1.82, 2.24) is 0 Å². The molecule has 0 heterocycles. The summed E-state index contributed by atoms with van der Waals surface area (Å²) >= 11 is 0. The minimum absolute atomic E-state index is 0.0326. The fraction of sp³-hybridized carbons (Fsp3) is 0.400. The molecular formula is C15H18O4. The van der Waals surface area contributed by atoms with Crippen LogP contribution in [0.1, 0.15) is 12.0 Å². The van der Waals surface area contributed by atoms with E-state index >= 15 is 0 Å². The second kappa shape index (κ2) is 6.50. The summed E-state index contributed by atoms with van der Waals surface area (Å²) < 4.78 is 5.61. The predicted molar refractivity (Wildman–Crippen MR) is 70.5 cm³/mol. The number of aliphatic carboxylic acids is 1. The predicted octanol–water partition coefficient (Wildman–Crippen LogP) is 1.84. The van der Waals surface area contributed by atoms with E-state index in [9.17, 15) is 9.90 Å². The number of carboxylic acid groups (broad SMARTS) is 1. The van der Waals surface area contributed by atoms with E-state index in [0.29, 0.717) is 13.2 Å². The number of hydrogen-bond acceptors (Lipinski definition) is 3. The molecule has 0 aromatic heterocycles. The molecule has 0 fully saturated rings. The summed E-state index contributed by atoms with van der Waals surface area (Å²) in [6.07, 6.45) is 2.79. The largest absolute Gasteiger partial charge is 0.481 e. The average Bonchev–Trinajstić information content (AvgIpc) is 2.72. The second-order valence-corrected chi connectivity index (χ2v) is 4.80. The maximum absolute atomic E-state index is 10.8. The Labute approximate surface area is 112 Å². The molecule has 0 spiro atoms. The van der Waals surface area contributed by atoms with E-state index in [1.165, 1.54) is 0 Å². The molecule has 4 nitrogen and oxygen atoms in total. The van der Waals surface area contributed by atoms with Crippen molar-refractivity contribution in [3.05, 3.63) is 48.0 Å². The van der Waals surface area contributed by atoms with Crippen molar-refractivity contribution in [1.29, 1.82) is 0 Å². The Morgan fingerprint density at radius 3 is 2.63 bits per heavy atom. The molecule has 0 aliphatic heterocycles. The first-order valence-electron chi connectivity index (χ1n) is 6.36. The number of aliphatic hydroxyl groups is 1. The van der Waals surface area contributed by atoms with Crippen molar-refractivity contribution in [3.8, 4) is 0 Å². The van der Waals surface area contributed by atoms with Crippen molar-refractivity contribution in [2.24, 2.45) is 11.8 Å². The van der Waals surface area contributed by atoms with Gasteiger partial charge in [0.1, 0.15) is 0 Å². The third-order valence-corrected chi connectivity index (χ3v) is 3.38. The van der Waals surface area contributed by atoms with E-state index < -0.39 is 12.1 Å². The van der Waals surface area contributed by atoms with Gasteiger partial charge in [0.15, 0.2) is 0 Å². The van der Waals surface area contributed by atoms with Gasteiger partial charge >= 0.3 is 5.97 Å². The standard InChI is InChI=1S/C15H18O4/c16-14-7-6-12(13(14)8-15(17)18)10-19-9-11-4-2-1-3-5-11/h1-7,12-14,16H,8-10H2,(H,17,18).